The molecule has 1 aromatic rings. The van der Waals surface area contributed by atoms with E-state index in [1.807, 2.05) is 7.05 Å². The van der Waals surface area contributed by atoms with Crippen LogP contribution in [0.5, 0.6) is 0 Å². The molecule has 1 N–H and O–H groups in total. The third-order valence-electron chi connectivity index (χ3n) is 3.63. The Bertz CT molecular complexity index is 450. The van der Waals surface area contributed by atoms with Crippen LogP contribution in [0, 0.1) is 12.7 Å². The number of nitrogens with one attached hydrogen (secondary N) is 1. The van der Waals surface area contributed by atoms with Crippen LogP contribution in [0.25, 0.3) is 0 Å². The van der Waals surface area contributed by atoms with Crippen molar-refractivity contribution in [1.82, 2.24) is 10.2 Å². The average molecular weight is 301 g/mol. The molecule has 3 nitrogen and oxygen atoms in total. The Hall–Kier alpha value is -0.680. The van der Waals surface area contributed by atoms with Crippen molar-refractivity contribution in [3.63, 3.8) is 0 Å². The van der Waals surface area contributed by atoms with E-state index in [1.165, 1.54) is 6.07 Å². The van der Waals surface area contributed by atoms with Crippen LogP contribution in [0.1, 0.15) is 17.5 Å². The largest absolute Gasteiger partial charge is 0.379 e. The van der Waals surface area contributed by atoms with Crippen LogP contribution in [0.3, 0.4) is 0 Å². The Kier molecular flexibility index (Phi) is 5.78. The summed E-state index contributed by atoms with van der Waals surface area (Å²) in [6, 6.07) is 3.64. The zero-order valence-corrected chi connectivity index (χ0v) is 12.8. The van der Waals surface area contributed by atoms with Crippen LogP contribution in [-0.2, 0) is 11.3 Å². The molecule has 1 saturated heterocycles. The SMILES string of the molecule is Cc1cc(Cl)c(CN(C)CCC2COCCN2)cc1F. The van der Waals surface area contributed by atoms with E-state index in [4.69, 9.17) is 16.3 Å². The van der Waals surface area contributed by atoms with Crippen LogP contribution >= 0.6 is 11.6 Å². The molecule has 1 heterocycles. The summed E-state index contributed by atoms with van der Waals surface area (Å²) in [6.07, 6.45) is 1.02. The van der Waals surface area contributed by atoms with Crippen molar-refractivity contribution >= 4 is 11.6 Å². The molecule has 5 heteroatoms. The smallest absolute Gasteiger partial charge is 0.126 e. The molecule has 1 fully saturated rings. The summed E-state index contributed by atoms with van der Waals surface area (Å²) >= 11 is 6.17. The normalized spacial score (nSPS) is 19.6. The van der Waals surface area contributed by atoms with Gasteiger partial charge in [0.1, 0.15) is 5.82 Å². The molecule has 0 bridgehead atoms. The van der Waals surface area contributed by atoms with Gasteiger partial charge in [-0.3, -0.25) is 0 Å². The Morgan fingerprint density at radius 2 is 2.30 bits per heavy atom. The van der Waals surface area contributed by atoms with Gasteiger partial charge in [0.2, 0.25) is 0 Å². The lowest BCUT2D eigenvalue weighted by Gasteiger charge is -2.26. The highest BCUT2D eigenvalue weighted by molar-refractivity contribution is 6.31. The number of halogens is 2. The fourth-order valence-corrected chi connectivity index (χ4v) is 2.64. The molecule has 1 atom stereocenters. The van der Waals surface area contributed by atoms with Gasteiger partial charge in [-0.15, -0.1) is 0 Å². The van der Waals surface area contributed by atoms with Crippen LogP contribution < -0.4 is 5.32 Å². The van der Waals surface area contributed by atoms with Gasteiger partial charge in [-0.1, -0.05) is 11.6 Å². The minimum atomic E-state index is -0.194. The maximum atomic E-state index is 13.6. The molecule has 0 aromatic heterocycles. The van der Waals surface area contributed by atoms with Crippen molar-refractivity contribution in [2.24, 2.45) is 0 Å². The van der Waals surface area contributed by atoms with Gasteiger partial charge in [-0.05, 0) is 50.2 Å². The number of benzene rings is 1. The van der Waals surface area contributed by atoms with E-state index in [1.54, 1.807) is 13.0 Å². The van der Waals surface area contributed by atoms with Gasteiger partial charge >= 0.3 is 0 Å². The Morgan fingerprint density at radius 1 is 1.50 bits per heavy atom. The standard InChI is InChI=1S/C15H22ClFN2O/c1-11-7-14(16)12(8-15(11)17)9-19(2)5-3-13-10-20-6-4-18-13/h7-8,13,18H,3-6,9-10H2,1-2H3. The number of rotatable bonds is 5. The summed E-state index contributed by atoms with van der Waals surface area (Å²) in [5.41, 5.74) is 1.43. The molecule has 0 radical (unpaired) electrons. The van der Waals surface area contributed by atoms with Crippen LogP contribution in [-0.4, -0.2) is 44.3 Å². The molecule has 2 rings (SSSR count). The molecular formula is C15H22ClFN2O. The molecular weight excluding hydrogens is 279 g/mol. The highest BCUT2D eigenvalue weighted by atomic mass is 35.5. The first-order valence-corrected chi connectivity index (χ1v) is 7.38. The number of hydrogen-bond acceptors (Lipinski definition) is 3. The number of nitrogens with zero attached hydrogens (tertiary/aromatic N) is 1. The van der Waals surface area contributed by atoms with E-state index in [2.05, 4.69) is 10.2 Å². The van der Waals surface area contributed by atoms with Crippen molar-refractivity contribution in [2.75, 3.05) is 33.4 Å². The summed E-state index contributed by atoms with van der Waals surface area (Å²) < 4.78 is 19.0. The Labute approximate surface area is 125 Å². The average Bonchev–Trinajstić information content (AvgIpc) is 2.44. The maximum Gasteiger partial charge on any atom is 0.126 e. The van der Waals surface area contributed by atoms with Crippen LogP contribution in [0.4, 0.5) is 4.39 Å². The van der Waals surface area contributed by atoms with Crippen molar-refractivity contribution in [1.29, 1.82) is 0 Å². The second kappa shape index (κ2) is 7.36. The summed E-state index contributed by atoms with van der Waals surface area (Å²) in [4.78, 5) is 2.16. The molecule has 1 aromatic carbocycles. The highest BCUT2D eigenvalue weighted by Crippen LogP contribution is 2.21. The van der Waals surface area contributed by atoms with Crippen molar-refractivity contribution in [3.05, 3.63) is 34.1 Å². The highest BCUT2D eigenvalue weighted by Gasteiger charge is 2.14. The predicted octanol–water partition coefficient (Wildman–Crippen LogP) is 2.60. The molecule has 1 aliphatic heterocycles. The maximum absolute atomic E-state index is 13.6. The van der Waals surface area contributed by atoms with Crippen LogP contribution in [0.15, 0.2) is 12.1 Å². The fourth-order valence-electron chi connectivity index (χ4n) is 2.36. The van der Waals surface area contributed by atoms with Gasteiger partial charge in [0.05, 0.1) is 13.2 Å². The molecule has 0 amide bonds. The van der Waals surface area contributed by atoms with Crippen molar-refractivity contribution < 1.29 is 9.13 Å². The second-order valence-corrected chi connectivity index (χ2v) is 5.85. The first kappa shape index (κ1) is 15.7. The molecule has 20 heavy (non-hydrogen) atoms. The van der Waals surface area contributed by atoms with Gasteiger partial charge in [0.15, 0.2) is 0 Å². The van der Waals surface area contributed by atoms with E-state index in [0.717, 1.165) is 38.3 Å². The van der Waals surface area contributed by atoms with E-state index in [0.29, 0.717) is 23.2 Å². The first-order chi connectivity index (χ1) is 9.56. The number of aryl methyl sites for hydroxylation is 1. The Morgan fingerprint density at radius 3 is 3.00 bits per heavy atom. The van der Waals surface area contributed by atoms with Crippen molar-refractivity contribution in [3.8, 4) is 0 Å². The second-order valence-electron chi connectivity index (χ2n) is 5.45. The lowest BCUT2D eigenvalue weighted by Crippen LogP contribution is -2.42. The molecule has 1 aliphatic rings. The van der Waals surface area contributed by atoms with Crippen LogP contribution in [0.2, 0.25) is 5.02 Å². The number of hydrogen-bond donors (Lipinski definition) is 1. The van der Waals surface area contributed by atoms with Gasteiger partial charge in [0.25, 0.3) is 0 Å². The summed E-state index contributed by atoms with van der Waals surface area (Å²) in [5, 5.41) is 4.06. The van der Waals surface area contributed by atoms with Gasteiger partial charge in [-0.2, -0.15) is 0 Å². The predicted molar refractivity (Wildman–Crippen MR) is 79.7 cm³/mol. The molecule has 1 unspecified atom stereocenters. The molecule has 0 aliphatic carbocycles. The van der Waals surface area contributed by atoms with E-state index >= 15 is 0 Å². The van der Waals surface area contributed by atoms with Gasteiger partial charge < -0.3 is 15.0 Å². The zero-order chi connectivity index (χ0) is 14.5. The number of ether oxygens (including phenoxy) is 1. The minimum absolute atomic E-state index is 0.194. The van der Waals surface area contributed by atoms with E-state index in [9.17, 15) is 4.39 Å². The van der Waals surface area contributed by atoms with Gasteiger partial charge in [-0.25, -0.2) is 4.39 Å². The third-order valence-corrected chi connectivity index (χ3v) is 3.98. The molecule has 0 saturated carbocycles. The first-order valence-electron chi connectivity index (χ1n) is 7.00. The summed E-state index contributed by atoms with van der Waals surface area (Å²) in [5.74, 6) is -0.194. The van der Waals surface area contributed by atoms with Crippen molar-refractivity contribution in [2.45, 2.75) is 25.9 Å². The third kappa shape index (κ3) is 4.42. The van der Waals surface area contributed by atoms with E-state index < -0.39 is 0 Å². The fraction of sp³-hybridized carbons (Fsp3) is 0.600. The molecule has 112 valence electrons. The number of morpholine rings is 1. The van der Waals surface area contributed by atoms with Gasteiger partial charge in [0, 0.05) is 24.2 Å². The quantitative estimate of drug-likeness (QED) is 0.904. The minimum Gasteiger partial charge on any atom is -0.379 e. The zero-order valence-electron chi connectivity index (χ0n) is 12.1. The van der Waals surface area contributed by atoms with E-state index in [-0.39, 0.29) is 5.82 Å². The monoisotopic (exact) mass is 300 g/mol. The summed E-state index contributed by atoms with van der Waals surface area (Å²) in [7, 11) is 2.03. The summed E-state index contributed by atoms with van der Waals surface area (Å²) in [6.45, 7) is 5.79. The molecule has 0 spiro atoms. The lowest BCUT2D eigenvalue weighted by atomic mass is 10.1. The lowest BCUT2D eigenvalue weighted by molar-refractivity contribution is 0.0708. The Balaban J connectivity index is 1.84. The topological polar surface area (TPSA) is 24.5 Å².